The first-order chi connectivity index (χ1) is 11.0. The second-order valence-electron chi connectivity index (χ2n) is 7.83. The Morgan fingerprint density at radius 1 is 1.25 bits per heavy atom. The molecule has 24 heavy (non-hydrogen) atoms. The lowest BCUT2D eigenvalue weighted by Crippen LogP contribution is -2.59. The lowest BCUT2D eigenvalue weighted by Gasteiger charge is -2.44. The molecule has 0 aromatic heterocycles. The van der Waals surface area contributed by atoms with Crippen molar-refractivity contribution < 1.29 is 18.9 Å². The monoisotopic (exact) mass is 349 g/mol. The molecule has 2 atom stereocenters. The Balaban J connectivity index is 1.90. The third-order valence-electron chi connectivity index (χ3n) is 4.98. The summed E-state index contributed by atoms with van der Waals surface area (Å²) in [5, 5.41) is 1.22. The number of amides is 1. The summed E-state index contributed by atoms with van der Waals surface area (Å²) in [6.45, 7) is 13.2. The molecule has 1 aromatic carbocycles. The van der Waals surface area contributed by atoms with Gasteiger partial charge in [-0.25, -0.2) is 4.79 Å². The summed E-state index contributed by atoms with van der Waals surface area (Å²) in [6.07, 6.45) is -0.176. The van der Waals surface area contributed by atoms with Gasteiger partial charge in [0.05, 0.1) is 24.1 Å². The summed E-state index contributed by atoms with van der Waals surface area (Å²) in [6, 6.07) is 8.65. The van der Waals surface area contributed by atoms with Crippen LogP contribution in [-0.2, 0) is 14.1 Å². The molecule has 1 aliphatic rings. The summed E-state index contributed by atoms with van der Waals surface area (Å²) in [5.74, 6) is -0.950. The first-order valence-corrected chi connectivity index (χ1v) is 11.2. The van der Waals surface area contributed by atoms with Crippen LogP contribution >= 0.6 is 0 Å². The van der Waals surface area contributed by atoms with Gasteiger partial charge in [-0.15, -0.1) is 0 Å². The van der Waals surface area contributed by atoms with Gasteiger partial charge >= 0.3 is 5.97 Å². The van der Waals surface area contributed by atoms with Crippen molar-refractivity contribution in [2.24, 2.45) is 5.92 Å². The molecule has 1 aliphatic heterocycles. The lowest BCUT2D eigenvalue weighted by atomic mass is 9.96. The van der Waals surface area contributed by atoms with Crippen LogP contribution in [0.15, 0.2) is 30.3 Å². The molecule has 0 saturated carbocycles. The van der Waals surface area contributed by atoms with Crippen LogP contribution in [0.1, 0.15) is 38.1 Å². The van der Waals surface area contributed by atoms with E-state index in [1.807, 2.05) is 13.0 Å². The van der Waals surface area contributed by atoms with Gasteiger partial charge in [-0.3, -0.25) is 4.79 Å². The number of β-lactam (4-membered cyclic amide) rings is 1. The average Bonchev–Trinajstić information content (AvgIpc) is 2.49. The molecule has 1 heterocycles. The Morgan fingerprint density at radius 2 is 1.83 bits per heavy atom. The van der Waals surface area contributed by atoms with Crippen LogP contribution in [0, 0.1) is 5.92 Å². The minimum Gasteiger partial charge on any atom is -0.413 e. The van der Waals surface area contributed by atoms with Crippen molar-refractivity contribution in [3.05, 3.63) is 35.9 Å². The lowest BCUT2D eigenvalue weighted by molar-refractivity contribution is -0.205. The standard InChI is InChI=1S/C18H27NO4Si/c1-13(23-24(5,6)18(2,3)4)15-12-19(16(15)20)22-17(21)14-10-8-7-9-11-14/h7-11,13,15H,12H2,1-6H3/t13-,15-/m1/s1. The van der Waals surface area contributed by atoms with E-state index in [-0.39, 0.29) is 23.0 Å². The summed E-state index contributed by atoms with van der Waals surface area (Å²) in [5.41, 5.74) is 0.430. The Kier molecular flexibility index (Phi) is 5.20. The van der Waals surface area contributed by atoms with Crippen molar-refractivity contribution in [1.29, 1.82) is 0 Å². The van der Waals surface area contributed by atoms with Crippen molar-refractivity contribution in [3.8, 4) is 0 Å². The molecule has 1 aromatic rings. The molecule has 0 N–H and O–H groups in total. The van der Waals surface area contributed by atoms with Crippen LogP contribution in [-0.4, -0.2) is 37.9 Å². The van der Waals surface area contributed by atoms with Gasteiger partial charge in [0, 0.05) is 0 Å². The molecule has 2 rings (SSSR count). The molecule has 6 heteroatoms. The van der Waals surface area contributed by atoms with E-state index >= 15 is 0 Å². The van der Waals surface area contributed by atoms with Gasteiger partial charge in [-0.2, -0.15) is 5.06 Å². The van der Waals surface area contributed by atoms with Crippen LogP contribution in [0.2, 0.25) is 18.1 Å². The zero-order valence-corrected chi connectivity index (χ0v) is 16.3. The summed E-state index contributed by atoms with van der Waals surface area (Å²) >= 11 is 0. The van der Waals surface area contributed by atoms with E-state index in [1.54, 1.807) is 24.3 Å². The number of hydrogen-bond acceptors (Lipinski definition) is 4. The third-order valence-corrected chi connectivity index (χ3v) is 9.55. The van der Waals surface area contributed by atoms with Crippen molar-refractivity contribution in [1.82, 2.24) is 5.06 Å². The Labute approximate surface area is 145 Å². The van der Waals surface area contributed by atoms with Crippen molar-refractivity contribution >= 4 is 20.2 Å². The molecule has 1 saturated heterocycles. The van der Waals surface area contributed by atoms with Crippen LogP contribution in [0.3, 0.4) is 0 Å². The highest BCUT2D eigenvalue weighted by Crippen LogP contribution is 2.39. The van der Waals surface area contributed by atoms with Crippen LogP contribution in [0.25, 0.3) is 0 Å². The van der Waals surface area contributed by atoms with Crippen LogP contribution in [0.5, 0.6) is 0 Å². The second-order valence-corrected chi connectivity index (χ2v) is 12.6. The van der Waals surface area contributed by atoms with Crippen molar-refractivity contribution in [2.45, 2.75) is 51.9 Å². The summed E-state index contributed by atoms with van der Waals surface area (Å²) < 4.78 is 6.27. The molecular formula is C18H27NO4Si. The highest BCUT2D eigenvalue weighted by atomic mass is 28.4. The highest BCUT2D eigenvalue weighted by Gasteiger charge is 2.47. The molecule has 132 valence electrons. The maximum atomic E-state index is 12.3. The summed E-state index contributed by atoms with van der Waals surface area (Å²) in [4.78, 5) is 29.4. The van der Waals surface area contributed by atoms with Crippen molar-refractivity contribution in [2.75, 3.05) is 6.54 Å². The predicted molar refractivity (Wildman–Crippen MR) is 94.8 cm³/mol. The highest BCUT2D eigenvalue weighted by molar-refractivity contribution is 6.74. The minimum absolute atomic E-state index is 0.0908. The van der Waals surface area contributed by atoms with E-state index in [0.717, 1.165) is 5.06 Å². The van der Waals surface area contributed by atoms with Crippen LogP contribution < -0.4 is 0 Å². The van der Waals surface area contributed by atoms with E-state index in [9.17, 15) is 9.59 Å². The number of benzene rings is 1. The number of carbonyl (C=O) groups excluding carboxylic acids is 2. The third kappa shape index (κ3) is 3.87. The first-order valence-electron chi connectivity index (χ1n) is 8.29. The topological polar surface area (TPSA) is 55.8 Å². The van der Waals surface area contributed by atoms with E-state index in [1.165, 1.54) is 0 Å². The van der Waals surface area contributed by atoms with Gasteiger partial charge < -0.3 is 9.26 Å². The van der Waals surface area contributed by atoms with Gasteiger partial charge in [0.25, 0.3) is 5.91 Å². The SMILES string of the molecule is C[C@@H](O[Si](C)(C)C(C)(C)C)[C@H]1CN(OC(=O)c2ccccc2)C1=O. The fourth-order valence-corrected chi connectivity index (χ4v) is 3.75. The Hall–Kier alpha value is -1.66. The van der Waals surface area contributed by atoms with Gasteiger partial charge in [0.15, 0.2) is 8.32 Å². The quantitative estimate of drug-likeness (QED) is 0.602. The van der Waals surface area contributed by atoms with E-state index in [2.05, 4.69) is 33.9 Å². The molecule has 0 unspecified atom stereocenters. The van der Waals surface area contributed by atoms with Gasteiger partial charge in [-0.1, -0.05) is 39.0 Å². The van der Waals surface area contributed by atoms with Gasteiger partial charge in [-0.05, 0) is 37.2 Å². The number of hydroxylamine groups is 2. The fourth-order valence-electron chi connectivity index (χ4n) is 2.30. The maximum Gasteiger partial charge on any atom is 0.363 e. The molecule has 0 aliphatic carbocycles. The van der Waals surface area contributed by atoms with Gasteiger partial charge in [0.2, 0.25) is 0 Å². The van der Waals surface area contributed by atoms with E-state index in [0.29, 0.717) is 12.1 Å². The van der Waals surface area contributed by atoms with E-state index in [4.69, 9.17) is 9.26 Å². The average molecular weight is 350 g/mol. The largest absolute Gasteiger partial charge is 0.413 e. The zero-order chi connectivity index (χ0) is 18.1. The number of hydrogen-bond donors (Lipinski definition) is 0. The molecular weight excluding hydrogens is 322 g/mol. The van der Waals surface area contributed by atoms with Crippen LogP contribution in [0.4, 0.5) is 0 Å². The minimum atomic E-state index is -1.93. The fraction of sp³-hybridized carbons (Fsp3) is 0.556. The van der Waals surface area contributed by atoms with Crippen molar-refractivity contribution in [3.63, 3.8) is 0 Å². The number of rotatable bonds is 5. The van der Waals surface area contributed by atoms with Gasteiger partial charge in [0.1, 0.15) is 0 Å². The summed E-state index contributed by atoms with van der Waals surface area (Å²) in [7, 11) is -1.93. The maximum absolute atomic E-state index is 12.3. The second kappa shape index (κ2) is 6.68. The zero-order valence-electron chi connectivity index (χ0n) is 15.3. The number of nitrogens with zero attached hydrogens (tertiary/aromatic N) is 1. The molecule has 0 spiro atoms. The molecule has 0 bridgehead atoms. The molecule has 1 fully saturated rings. The van der Waals surface area contributed by atoms with E-state index < -0.39 is 14.3 Å². The Bertz CT molecular complexity index is 609. The smallest absolute Gasteiger partial charge is 0.363 e. The predicted octanol–water partition coefficient (Wildman–Crippen LogP) is 3.63. The normalized spacial score (nSPS) is 19.7. The Morgan fingerprint density at radius 3 is 2.33 bits per heavy atom. The molecule has 5 nitrogen and oxygen atoms in total. The first kappa shape index (κ1) is 18.7. The molecule has 1 amide bonds. The molecule has 0 radical (unpaired) electrons. The number of carbonyl (C=O) groups is 2.